The fraction of sp³-hybridized carbons (Fsp3) is 0.615. The molecule has 0 aliphatic rings. The molecular formula is C13H22N2O2. The molecule has 1 aromatic rings. The van der Waals surface area contributed by atoms with Crippen molar-refractivity contribution in [1.29, 1.82) is 0 Å². The second kappa shape index (κ2) is 8.17. The van der Waals surface area contributed by atoms with Gasteiger partial charge in [0.25, 0.3) is 0 Å². The lowest BCUT2D eigenvalue weighted by atomic mass is 10.1. The summed E-state index contributed by atoms with van der Waals surface area (Å²) < 4.78 is 11.1. The summed E-state index contributed by atoms with van der Waals surface area (Å²) in [4.78, 5) is 4.08. The SMILES string of the molecule is CCCOCCOC(c1cccnc1)C(C)N. The van der Waals surface area contributed by atoms with Crippen LogP contribution in [0.5, 0.6) is 0 Å². The predicted octanol–water partition coefficient (Wildman–Crippen LogP) is 1.91. The van der Waals surface area contributed by atoms with Crippen molar-refractivity contribution >= 4 is 0 Å². The van der Waals surface area contributed by atoms with E-state index < -0.39 is 0 Å². The number of pyridine rings is 1. The van der Waals surface area contributed by atoms with E-state index in [1.165, 1.54) is 0 Å². The Morgan fingerprint density at radius 1 is 1.35 bits per heavy atom. The highest BCUT2D eigenvalue weighted by atomic mass is 16.5. The molecule has 1 aromatic heterocycles. The maximum Gasteiger partial charge on any atom is 0.0988 e. The molecule has 0 amide bonds. The van der Waals surface area contributed by atoms with E-state index in [4.69, 9.17) is 15.2 Å². The van der Waals surface area contributed by atoms with Crippen LogP contribution in [0.25, 0.3) is 0 Å². The molecule has 0 radical (unpaired) electrons. The lowest BCUT2D eigenvalue weighted by Crippen LogP contribution is -2.28. The minimum atomic E-state index is -0.117. The van der Waals surface area contributed by atoms with E-state index in [2.05, 4.69) is 11.9 Å². The molecule has 0 bridgehead atoms. The van der Waals surface area contributed by atoms with Crippen LogP contribution in [-0.2, 0) is 9.47 Å². The van der Waals surface area contributed by atoms with E-state index >= 15 is 0 Å². The Labute approximate surface area is 103 Å². The van der Waals surface area contributed by atoms with Crippen LogP contribution in [0.4, 0.5) is 0 Å². The van der Waals surface area contributed by atoms with E-state index in [0.717, 1.165) is 18.6 Å². The molecule has 96 valence electrons. The minimum absolute atomic E-state index is 0.0645. The van der Waals surface area contributed by atoms with Gasteiger partial charge >= 0.3 is 0 Å². The van der Waals surface area contributed by atoms with Gasteiger partial charge in [0, 0.05) is 30.6 Å². The molecule has 1 heterocycles. The van der Waals surface area contributed by atoms with Gasteiger partial charge in [-0.05, 0) is 19.4 Å². The van der Waals surface area contributed by atoms with Crippen LogP contribution in [0.1, 0.15) is 31.9 Å². The van der Waals surface area contributed by atoms with Crippen molar-refractivity contribution in [2.45, 2.75) is 32.4 Å². The van der Waals surface area contributed by atoms with Gasteiger partial charge in [0.1, 0.15) is 0 Å². The quantitative estimate of drug-likeness (QED) is 0.703. The number of nitrogens with two attached hydrogens (primary N) is 1. The first-order valence-corrected chi connectivity index (χ1v) is 6.10. The third-order valence-electron chi connectivity index (χ3n) is 2.36. The van der Waals surface area contributed by atoms with Crippen LogP contribution in [0.3, 0.4) is 0 Å². The van der Waals surface area contributed by atoms with E-state index in [9.17, 15) is 0 Å². The monoisotopic (exact) mass is 238 g/mol. The van der Waals surface area contributed by atoms with Gasteiger partial charge in [-0.2, -0.15) is 0 Å². The standard InChI is InChI=1S/C13H22N2O2/c1-3-7-16-8-9-17-13(11(2)14)12-5-4-6-15-10-12/h4-6,10-11,13H,3,7-9,14H2,1-2H3. The van der Waals surface area contributed by atoms with Gasteiger partial charge in [-0.1, -0.05) is 13.0 Å². The Balaban J connectivity index is 2.40. The van der Waals surface area contributed by atoms with Crippen molar-refractivity contribution in [3.05, 3.63) is 30.1 Å². The Kier molecular flexibility index (Phi) is 6.77. The number of hydrogen-bond donors (Lipinski definition) is 1. The second-order valence-electron chi connectivity index (χ2n) is 4.05. The van der Waals surface area contributed by atoms with E-state index in [-0.39, 0.29) is 12.1 Å². The Morgan fingerprint density at radius 2 is 2.18 bits per heavy atom. The van der Waals surface area contributed by atoms with E-state index in [1.54, 1.807) is 12.4 Å². The zero-order valence-corrected chi connectivity index (χ0v) is 10.6. The summed E-state index contributed by atoms with van der Waals surface area (Å²) in [7, 11) is 0. The third-order valence-corrected chi connectivity index (χ3v) is 2.36. The fourth-order valence-electron chi connectivity index (χ4n) is 1.58. The summed E-state index contributed by atoms with van der Waals surface area (Å²) in [5, 5.41) is 0. The van der Waals surface area contributed by atoms with Crippen LogP contribution < -0.4 is 5.73 Å². The average Bonchev–Trinajstić information content (AvgIpc) is 2.34. The lowest BCUT2D eigenvalue weighted by molar-refractivity contribution is -0.00485. The van der Waals surface area contributed by atoms with Gasteiger partial charge in [0.2, 0.25) is 0 Å². The molecule has 2 unspecified atom stereocenters. The summed E-state index contributed by atoms with van der Waals surface area (Å²) in [5.74, 6) is 0. The number of ether oxygens (including phenoxy) is 2. The highest BCUT2D eigenvalue weighted by Crippen LogP contribution is 2.18. The molecular weight excluding hydrogens is 216 g/mol. The molecule has 4 nitrogen and oxygen atoms in total. The van der Waals surface area contributed by atoms with Crippen molar-refractivity contribution in [1.82, 2.24) is 4.98 Å². The minimum Gasteiger partial charge on any atom is -0.379 e. The third kappa shape index (κ3) is 5.26. The molecule has 0 fully saturated rings. The largest absolute Gasteiger partial charge is 0.379 e. The summed E-state index contributed by atoms with van der Waals surface area (Å²) in [5.41, 5.74) is 6.93. The smallest absolute Gasteiger partial charge is 0.0988 e. The van der Waals surface area contributed by atoms with Gasteiger partial charge in [-0.15, -0.1) is 0 Å². The van der Waals surface area contributed by atoms with Crippen LogP contribution in [0, 0.1) is 0 Å². The van der Waals surface area contributed by atoms with Gasteiger partial charge in [0.15, 0.2) is 0 Å². The first-order chi connectivity index (χ1) is 8.25. The molecule has 2 N–H and O–H groups in total. The predicted molar refractivity (Wildman–Crippen MR) is 67.7 cm³/mol. The molecule has 0 aromatic carbocycles. The molecule has 1 rings (SSSR count). The molecule has 2 atom stereocenters. The van der Waals surface area contributed by atoms with Crippen LogP contribution in [0.15, 0.2) is 24.5 Å². The van der Waals surface area contributed by atoms with Crippen molar-refractivity contribution in [2.24, 2.45) is 5.73 Å². The summed E-state index contributed by atoms with van der Waals surface area (Å²) in [6, 6.07) is 3.81. The zero-order chi connectivity index (χ0) is 12.5. The average molecular weight is 238 g/mol. The number of aromatic nitrogens is 1. The van der Waals surface area contributed by atoms with Crippen LogP contribution >= 0.6 is 0 Å². The Morgan fingerprint density at radius 3 is 2.76 bits per heavy atom. The van der Waals surface area contributed by atoms with Gasteiger partial charge in [0.05, 0.1) is 19.3 Å². The van der Waals surface area contributed by atoms with Crippen molar-refractivity contribution in [3.8, 4) is 0 Å². The van der Waals surface area contributed by atoms with Crippen molar-refractivity contribution < 1.29 is 9.47 Å². The molecule has 0 aliphatic heterocycles. The van der Waals surface area contributed by atoms with Crippen molar-refractivity contribution in [2.75, 3.05) is 19.8 Å². The molecule has 0 saturated carbocycles. The lowest BCUT2D eigenvalue weighted by Gasteiger charge is -2.21. The molecule has 4 heteroatoms. The number of hydrogen-bond acceptors (Lipinski definition) is 4. The molecule has 0 aliphatic carbocycles. The van der Waals surface area contributed by atoms with E-state index in [0.29, 0.717) is 13.2 Å². The van der Waals surface area contributed by atoms with Crippen LogP contribution in [0.2, 0.25) is 0 Å². The zero-order valence-electron chi connectivity index (χ0n) is 10.6. The highest BCUT2D eigenvalue weighted by Gasteiger charge is 2.16. The highest BCUT2D eigenvalue weighted by molar-refractivity contribution is 5.13. The first-order valence-electron chi connectivity index (χ1n) is 6.10. The second-order valence-corrected chi connectivity index (χ2v) is 4.05. The van der Waals surface area contributed by atoms with Crippen LogP contribution in [-0.4, -0.2) is 30.8 Å². The van der Waals surface area contributed by atoms with E-state index in [1.807, 2.05) is 19.1 Å². The summed E-state index contributed by atoms with van der Waals surface area (Å²) >= 11 is 0. The van der Waals surface area contributed by atoms with Gasteiger partial charge in [-0.3, -0.25) is 4.98 Å². The number of nitrogens with zero attached hydrogens (tertiary/aromatic N) is 1. The maximum absolute atomic E-state index is 5.92. The number of rotatable bonds is 8. The molecule has 0 spiro atoms. The Hall–Kier alpha value is -0.970. The Bertz CT molecular complexity index is 291. The normalized spacial score (nSPS) is 14.5. The summed E-state index contributed by atoms with van der Waals surface area (Å²) in [6.45, 7) is 5.96. The molecule has 0 saturated heterocycles. The molecule has 17 heavy (non-hydrogen) atoms. The topological polar surface area (TPSA) is 57.4 Å². The van der Waals surface area contributed by atoms with Crippen molar-refractivity contribution in [3.63, 3.8) is 0 Å². The fourth-order valence-corrected chi connectivity index (χ4v) is 1.58. The van der Waals surface area contributed by atoms with Gasteiger partial charge in [-0.25, -0.2) is 0 Å². The maximum atomic E-state index is 5.92. The summed E-state index contributed by atoms with van der Waals surface area (Å²) in [6.07, 6.45) is 4.45. The van der Waals surface area contributed by atoms with Gasteiger partial charge < -0.3 is 15.2 Å². The first kappa shape index (κ1) is 14.1.